The maximum Gasteiger partial charge on any atom is 0.303 e. The van der Waals surface area contributed by atoms with Crippen LogP contribution in [0, 0.1) is 22.7 Å². The fourth-order valence-corrected chi connectivity index (χ4v) is 8.19. The van der Waals surface area contributed by atoms with E-state index < -0.39 is 94.7 Å². The Morgan fingerprint density at radius 3 is 1.79 bits per heavy atom. The van der Waals surface area contributed by atoms with Crippen molar-refractivity contribution < 1.29 is 57.5 Å². The second-order valence-electron chi connectivity index (χ2n) is 12.8. The van der Waals surface area contributed by atoms with Crippen molar-refractivity contribution in [3.8, 4) is 0 Å². The third-order valence-electron chi connectivity index (χ3n) is 9.77. The second-order valence-corrected chi connectivity index (χ2v) is 12.8. The topological polar surface area (TPSA) is 164 Å². The van der Waals surface area contributed by atoms with E-state index in [1.807, 2.05) is 13.8 Å². The molecular formula is C30H42O12. The standard InChI is InChI=1S/C30H42O12/c1-13-20(38-14(2)31)10-19-24(40-16(4)33)26-29(9,22(39-15(3)32)11-21(36)30(26)12-37-30)27(42-18(6)35)25(41-17(5)34)23(13)28(19,7)8/h19-22,24-27,36H,10-12H2,1-9H3/t19-,20?,21?,22?,24?,25?,26-,27?,29+,30-/m0/s1. The second kappa shape index (κ2) is 10.9. The number of aliphatic hydroxyl groups is 1. The molecule has 3 fully saturated rings. The van der Waals surface area contributed by atoms with E-state index in [1.54, 1.807) is 13.8 Å². The highest BCUT2D eigenvalue weighted by molar-refractivity contribution is 5.69. The van der Waals surface area contributed by atoms with Gasteiger partial charge in [0.1, 0.15) is 23.9 Å². The van der Waals surface area contributed by atoms with Gasteiger partial charge in [-0.05, 0) is 29.9 Å². The number of hydrogen-bond acceptors (Lipinski definition) is 12. The first kappa shape index (κ1) is 31.9. The van der Waals surface area contributed by atoms with Crippen molar-refractivity contribution in [1.29, 1.82) is 0 Å². The Bertz CT molecular complexity index is 1200. The van der Waals surface area contributed by atoms with Crippen LogP contribution < -0.4 is 0 Å². The molecule has 234 valence electrons. The van der Waals surface area contributed by atoms with E-state index >= 15 is 0 Å². The van der Waals surface area contributed by atoms with Gasteiger partial charge in [-0.2, -0.15) is 0 Å². The van der Waals surface area contributed by atoms with Gasteiger partial charge in [0.05, 0.1) is 18.1 Å². The van der Waals surface area contributed by atoms with Gasteiger partial charge in [-0.25, -0.2) is 0 Å². The summed E-state index contributed by atoms with van der Waals surface area (Å²) in [6.07, 6.45) is -6.28. The Labute approximate surface area is 245 Å². The molecule has 3 aliphatic carbocycles. The molecule has 0 radical (unpaired) electrons. The van der Waals surface area contributed by atoms with Gasteiger partial charge in [-0.15, -0.1) is 0 Å². The first-order valence-corrected chi connectivity index (χ1v) is 14.3. The molecule has 1 aliphatic heterocycles. The molecule has 1 saturated heterocycles. The van der Waals surface area contributed by atoms with E-state index in [0.29, 0.717) is 11.1 Å². The predicted molar refractivity (Wildman–Crippen MR) is 143 cm³/mol. The summed E-state index contributed by atoms with van der Waals surface area (Å²) in [5.74, 6) is -4.60. The van der Waals surface area contributed by atoms with E-state index in [1.165, 1.54) is 34.6 Å². The van der Waals surface area contributed by atoms with Crippen LogP contribution in [0.5, 0.6) is 0 Å². The molecule has 0 aromatic carbocycles. The molecule has 1 spiro atoms. The zero-order chi connectivity index (χ0) is 31.5. The molecule has 2 bridgehead atoms. The van der Waals surface area contributed by atoms with Crippen LogP contribution in [0.1, 0.15) is 75.2 Å². The largest absolute Gasteiger partial charge is 0.462 e. The van der Waals surface area contributed by atoms with Crippen LogP contribution in [-0.4, -0.2) is 83.8 Å². The van der Waals surface area contributed by atoms with Crippen LogP contribution in [0.4, 0.5) is 0 Å². The van der Waals surface area contributed by atoms with Crippen LogP contribution in [0.15, 0.2) is 11.1 Å². The monoisotopic (exact) mass is 594 g/mol. The highest BCUT2D eigenvalue weighted by atomic mass is 16.6. The summed E-state index contributed by atoms with van der Waals surface area (Å²) in [6, 6.07) is 0. The first-order valence-electron chi connectivity index (χ1n) is 14.3. The smallest absolute Gasteiger partial charge is 0.303 e. The highest BCUT2D eigenvalue weighted by Crippen LogP contribution is 2.65. The summed E-state index contributed by atoms with van der Waals surface area (Å²) >= 11 is 0. The maximum atomic E-state index is 12.8. The predicted octanol–water partition coefficient (Wildman–Crippen LogP) is 2.18. The average Bonchev–Trinajstić information content (AvgIpc) is 3.61. The minimum atomic E-state index is -1.40. The zero-order valence-corrected chi connectivity index (χ0v) is 25.7. The number of esters is 5. The molecule has 6 unspecified atom stereocenters. The van der Waals surface area contributed by atoms with Gasteiger partial charge in [-0.3, -0.25) is 24.0 Å². The summed E-state index contributed by atoms with van der Waals surface area (Å²) in [6.45, 7) is 13.6. The molecule has 4 rings (SSSR count). The Hall–Kier alpha value is -2.99. The molecular weight excluding hydrogens is 552 g/mol. The molecule has 42 heavy (non-hydrogen) atoms. The molecule has 0 aromatic rings. The van der Waals surface area contributed by atoms with Crippen LogP contribution in [-0.2, 0) is 52.4 Å². The van der Waals surface area contributed by atoms with E-state index in [9.17, 15) is 29.1 Å². The molecule has 10 atom stereocenters. The SMILES string of the molecule is CC(=O)OC1C[C@H]2C(OC(C)=O)[C@H]3[C@@](C)(C(OC(C)=O)CC(O)[C@@]34CO4)C(OC(C)=O)C(OC(C)=O)C(=C1C)C2(C)C. The molecule has 0 aromatic heterocycles. The number of epoxide rings is 1. The molecule has 1 N–H and O–H groups in total. The van der Waals surface area contributed by atoms with E-state index in [0.717, 1.165) is 0 Å². The van der Waals surface area contributed by atoms with Crippen molar-refractivity contribution in [1.82, 2.24) is 0 Å². The van der Waals surface area contributed by atoms with Crippen molar-refractivity contribution >= 4 is 29.8 Å². The Morgan fingerprint density at radius 1 is 0.786 bits per heavy atom. The minimum absolute atomic E-state index is 0.0634. The number of fused-ring (bicyclic) bond motifs is 4. The van der Waals surface area contributed by atoms with Crippen molar-refractivity contribution in [3.05, 3.63) is 11.1 Å². The fourth-order valence-electron chi connectivity index (χ4n) is 8.19. The molecule has 0 amide bonds. The van der Waals surface area contributed by atoms with Crippen LogP contribution in [0.3, 0.4) is 0 Å². The fraction of sp³-hybridized carbons (Fsp3) is 0.767. The van der Waals surface area contributed by atoms with Crippen molar-refractivity contribution in [2.45, 2.75) is 117 Å². The highest BCUT2D eigenvalue weighted by Gasteiger charge is 2.76. The lowest BCUT2D eigenvalue weighted by molar-refractivity contribution is -0.256. The van der Waals surface area contributed by atoms with Gasteiger partial charge < -0.3 is 33.5 Å². The van der Waals surface area contributed by atoms with E-state index in [-0.39, 0.29) is 19.4 Å². The molecule has 4 aliphatic rings. The molecule has 1 heterocycles. The Balaban J connectivity index is 2.14. The van der Waals surface area contributed by atoms with Crippen LogP contribution in [0.25, 0.3) is 0 Å². The number of rotatable bonds is 5. The third-order valence-corrected chi connectivity index (χ3v) is 9.77. The zero-order valence-electron chi connectivity index (χ0n) is 25.7. The quantitative estimate of drug-likeness (QED) is 0.214. The summed E-state index contributed by atoms with van der Waals surface area (Å²) in [7, 11) is 0. The van der Waals surface area contributed by atoms with E-state index in [2.05, 4.69) is 0 Å². The van der Waals surface area contributed by atoms with Crippen molar-refractivity contribution in [2.75, 3.05) is 6.61 Å². The summed E-state index contributed by atoms with van der Waals surface area (Å²) in [5, 5.41) is 11.5. The van der Waals surface area contributed by atoms with Gasteiger partial charge in [-0.1, -0.05) is 20.8 Å². The van der Waals surface area contributed by atoms with Crippen LogP contribution in [0.2, 0.25) is 0 Å². The lowest BCUT2D eigenvalue weighted by atomic mass is 9.47. The summed E-state index contributed by atoms with van der Waals surface area (Å²) in [4.78, 5) is 62.9. The normalized spacial score (nSPS) is 40.0. The van der Waals surface area contributed by atoms with Gasteiger partial charge >= 0.3 is 29.8 Å². The number of ether oxygens (including phenoxy) is 6. The lowest BCUT2D eigenvalue weighted by Gasteiger charge is -2.62. The lowest BCUT2D eigenvalue weighted by Crippen LogP contribution is -2.72. The average molecular weight is 595 g/mol. The van der Waals surface area contributed by atoms with Gasteiger partial charge in [0.15, 0.2) is 12.2 Å². The van der Waals surface area contributed by atoms with E-state index in [4.69, 9.17) is 28.4 Å². The van der Waals surface area contributed by atoms with Crippen LogP contribution >= 0.6 is 0 Å². The Morgan fingerprint density at radius 2 is 1.31 bits per heavy atom. The Kier molecular flexibility index (Phi) is 8.31. The number of aliphatic hydroxyl groups excluding tert-OH is 1. The van der Waals surface area contributed by atoms with Gasteiger partial charge in [0, 0.05) is 52.9 Å². The minimum Gasteiger partial charge on any atom is -0.462 e. The van der Waals surface area contributed by atoms with Crippen molar-refractivity contribution in [3.63, 3.8) is 0 Å². The third kappa shape index (κ3) is 5.21. The van der Waals surface area contributed by atoms with Crippen molar-refractivity contribution in [2.24, 2.45) is 22.7 Å². The summed E-state index contributed by atoms with van der Waals surface area (Å²) < 4.78 is 35.8. The van der Waals surface area contributed by atoms with Gasteiger partial charge in [0.2, 0.25) is 0 Å². The number of carbonyl (C=O) groups is 5. The molecule has 12 heteroatoms. The van der Waals surface area contributed by atoms with Gasteiger partial charge in [0.25, 0.3) is 0 Å². The molecule has 2 saturated carbocycles. The summed E-state index contributed by atoms with van der Waals surface area (Å²) in [5.41, 5.74) is -2.37. The number of hydrogen-bond donors (Lipinski definition) is 1. The molecule has 12 nitrogen and oxygen atoms in total. The maximum absolute atomic E-state index is 12.8. The number of carbonyl (C=O) groups excluding carboxylic acids is 5. The first-order chi connectivity index (χ1) is 19.4.